The summed E-state index contributed by atoms with van der Waals surface area (Å²) in [6, 6.07) is 7.04. The molecular formula is C13H15FN2O2S. The third-order valence-corrected chi connectivity index (χ3v) is 4.82. The number of hydrogen-bond donors (Lipinski definition) is 1. The highest BCUT2D eigenvalue weighted by Gasteiger charge is 2.33. The van der Waals surface area contributed by atoms with Gasteiger partial charge in [-0.15, -0.1) is 0 Å². The molecule has 0 aliphatic rings. The molecule has 102 valence electrons. The molecular weight excluding hydrogens is 267 g/mol. The number of nitrogens with zero attached hydrogens (tertiary/aromatic N) is 1. The quantitative estimate of drug-likeness (QED) is 0.865. The SMILES string of the molecule is CC(C)(C)S(=O)(=O)C(C#N)=CNc1ccc(F)cc1. The van der Waals surface area contributed by atoms with E-state index in [4.69, 9.17) is 5.26 Å². The fraction of sp³-hybridized carbons (Fsp3) is 0.308. The molecule has 1 N–H and O–H groups in total. The highest BCUT2D eigenvalue weighted by molar-refractivity contribution is 7.96. The molecule has 0 saturated carbocycles. The highest BCUT2D eigenvalue weighted by Crippen LogP contribution is 2.23. The minimum absolute atomic E-state index is 0.357. The molecule has 1 aromatic carbocycles. The van der Waals surface area contributed by atoms with Crippen molar-refractivity contribution >= 4 is 15.5 Å². The van der Waals surface area contributed by atoms with Crippen LogP contribution >= 0.6 is 0 Å². The Labute approximate surface area is 112 Å². The van der Waals surface area contributed by atoms with Crippen LogP contribution in [0, 0.1) is 17.1 Å². The number of allylic oxidation sites excluding steroid dienone is 1. The van der Waals surface area contributed by atoms with Crippen molar-refractivity contribution in [3.63, 3.8) is 0 Å². The lowest BCUT2D eigenvalue weighted by Crippen LogP contribution is -2.29. The maximum absolute atomic E-state index is 12.7. The minimum Gasteiger partial charge on any atom is -0.360 e. The van der Waals surface area contributed by atoms with Crippen molar-refractivity contribution < 1.29 is 12.8 Å². The number of rotatable bonds is 3. The summed E-state index contributed by atoms with van der Waals surface area (Å²) >= 11 is 0. The first-order valence-corrected chi connectivity index (χ1v) is 7.04. The van der Waals surface area contributed by atoms with Crippen molar-refractivity contribution in [3.05, 3.63) is 41.2 Å². The van der Waals surface area contributed by atoms with Crippen LogP contribution in [-0.2, 0) is 9.84 Å². The molecule has 4 nitrogen and oxygen atoms in total. The van der Waals surface area contributed by atoms with Gasteiger partial charge in [0.2, 0.25) is 0 Å². The summed E-state index contributed by atoms with van der Waals surface area (Å²) < 4.78 is 35.8. The van der Waals surface area contributed by atoms with Crippen LogP contribution in [0.1, 0.15) is 20.8 Å². The summed E-state index contributed by atoms with van der Waals surface area (Å²) in [5.41, 5.74) is 0.498. The van der Waals surface area contributed by atoms with E-state index in [1.54, 1.807) is 6.07 Å². The lowest BCUT2D eigenvalue weighted by molar-refractivity contribution is 0.568. The van der Waals surface area contributed by atoms with Crippen LogP contribution in [0.4, 0.5) is 10.1 Å². The van der Waals surface area contributed by atoms with Gasteiger partial charge < -0.3 is 5.32 Å². The van der Waals surface area contributed by atoms with Crippen molar-refractivity contribution in [1.82, 2.24) is 0 Å². The number of sulfone groups is 1. The fourth-order valence-electron chi connectivity index (χ4n) is 1.19. The standard InChI is InChI=1S/C13H15FN2O2S/c1-13(2,3)19(17,18)12(8-15)9-16-11-6-4-10(14)5-7-11/h4-7,9,16H,1-3H3. The molecule has 0 fully saturated rings. The van der Waals surface area contributed by atoms with Crippen LogP contribution < -0.4 is 5.32 Å². The molecule has 19 heavy (non-hydrogen) atoms. The normalized spacial score (nSPS) is 12.9. The van der Waals surface area contributed by atoms with Gasteiger partial charge in [0, 0.05) is 11.9 Å². The number of nitrogens with one attached hydrogen (secondary N) is 1. The van der Waals surface area contributed by atoms with E-state index in [2.05, 4.69) is 5.32 Å². The topological polar surface area (TPSA) is 70.0 Å². The Morgan fingerprint density at radius 2 is 1.84 bits per heavy atom. The van der Waals surface area contributed by atoms with E-state index < -0.39 is 20.4 Å². The molecule has 0 unspecified atom stereocenters. The summed E-state index contributed by atoms with van der Waals surface area (Å²) in [6.45, 7) is 4.56. The summed E-state index contributed by atoms with van der Waals surface area (Å²) in [5, 5.41) is 11.6. The van der Waals surface area contributed by atoms with E-state index in [9.17, 15) is 12.8 Å². The van der Waals surface area contributed by atoms with E-state index in [1.807, 2.05) is 0 Å². The van der Waals surface area contributed by atoms with Crippen LogP contribution in [0.5, 0.6) is 0 Å². The second-order valence-electron chi connectivity index (χ2n) is 4.89. The third-order valence-electron chi connectivity index (χ3n) is 2.42. The average molecular weight is 282 g/mol. The van der Waals surface area contributed by atoms with E-state index in [-0.39, 0.29) is 4.91 Å². The van der Waals surface area contributed by atoms with Gasteiger partial charge in [-0.25, -0.2) is 12.8 Å². The van der Waals surface area contributed by atoms with Gasteiger partial charge in [0.15, 0.2) is 14.7 Å². The van der Waals surface area contributed by atoms with E-state index in [1.165, 1.54) is 45.0 Å². The van der Waals surface area contributed by atoms with E-state index >= 15 is 0 Å². The Balaban J connectivity index is 3.03. The Bertz CT molecular complexity index is 620. The smallest absolute Gasteiger partial charge is 0.194 e. The zero-order valence-electron chi connectivity index (χ0n) is 10.9. The van der Waals surface area contributed by atoms with Gasteiger partial charge in [0.25, 0.3) is 0 Å². The number of benzene rings is 1. The van der Waals surface area contributed by atoms with Gasteiger partial charge in [0.1, 0.15) is 11.9 Å². The zero-order valence-corrected chi connectivity index (χ0v) is 11.8. The molecule has 0 saturated heterocycles. The predicted molar refractivity (Wildman–Crippen MR) is 72.4 cm³/mol. The molecule has 1 aromatic rings. The lowest BCUT2D eigenvalue weighted by atomic mass is 10.3. The molecule has 1 rings (SSSR count). The second kappa shape index (κ2) is 5.41. The van der Waals surface area contributed by atoms with Crippen molar-refractivity contribution in [2.75, 3.05) is 5.32 Å². The lowest BCUT2D eigenvalue weighted by Gasteiger charge is -2.18. The Morgan fingerprint density at radius 3 is 2.26 bits per heavy atom. The van der Waals surface area contributed by atoms with Gasteiger partial charge in [0.05, 0.1) is 4.75 Å². The summed E-state index contributed by atoms with van der Waals surface area (Å²) in [6.07, 6.45) is 1.12. The van der Waals surface area contributed by atoms with Gasteiger partial charge in [-0.3, -0.25) is 0 Å². The molecule has 0 aliphatic carbocycles. The van der Waals surface area contributed by atoms with Crippen molar-refractivity contribution in [2.45, 2.75) is 25.5 Å². The van der Waals surface area contributed by atoms with Crippen LogP contribution in [0.3, 0.4) is 0 Å². The van der Waals surface area contributed by atoms with Crippen LogP contribution in [0.25, 0.3) is 0 Å². The largest absolute Gasteiger partial charge is 0.360 e. The fourth-order valence-corrected chi connectivity index (χ4v) is 2.19. The van der Waals surface area contributed by atoms with Crippen LogP contribution in [-0.4, -0.2) is 13.2 Å². The first-order valence-electron chi connectivity index (χ1n) is 5.55. The van der Waals surface area contributed by atoms with Gasteiger partial charge in [-0.05, 0) is 45.0 Å². The number of anilines is 1. The predicted octanol–water partition coefficient (Wildman–Crippen LogP) is 2.82. The summed E-state index contributed by atoms with van der Waals surface area (Å²) in [7, 11) is -3.70. The number of hydrogen-bond acceptors (Lipinski definition) is 4. The molecule has 0 aromatic heterocycles. The maximum Gasteiger partial charge on any atom is 0.194 e. The second-order valence-corrected chi connectivity index (χ2v) is 7.56. The molecule has 0 radical (unpaired) electrons. The monoisotopic (exact) mass is 282 g/mol. The van der Waals surface area contributed by atoms with Gasteiger partial charge in [-0.2, -0.15) is 5.26 Å². The zero-order chi connectivity index (χ0) is 14.7. The van der Waals surface area contributed by atoms with Crippen molar-refractivity contribution in [3.8, 4) is 6.07 Å². The Morgan fingerprint density at radius 1 is 1.32 bits per heavy atom. The summed E-state index contributed by atoms with van der Waals surface area (Å²) in [4.78, 5) is -0.357. The molecule has 0 bridgehead atoms. The van der Waals surface area contributed by atoms with E-state index in [0.29, 0.717) is 5.69 Å². The molecule has 6 heteroatoms. The number of nitriles is 1. The first kappa shape index (κ1) is 15.2. The van der Waals surface area contributed by atoms with Crippen LogP contribution in [0.2, 0.25) is 0 Å². The van der Waals surface area contributed by atoms with E-state index in [0.717, 1.165) is 6.20 Å². The molecule has 0 amide bonds. The average Bonchev–Trinajstić information content (AvgIpc) is 2.30. The number of halogens is 1. The maximum atomic E-state index is 12.7. The van der Waals surface area contributed by atoms with Crippen molar-refractivity contribution in [1.29, 1.82) is 5.26 Å². The highest BCUT2D eigenvalue weighted by atomic mass is 32.2. The molecule has 0 spiro atoms. The third kappa shape index (κ3) is 3.55. The van der Waals surface area contributed by atoms with Crippen LogP contribution in [0.15, 0.2) is 35.4 Å². The first-order chi connectivity index (χ1) is 8.68. The molecule has 0 heterocycles. The minimum atomic E-state index is -3.70. The van der Waals surface area contributed by atoms with Gasteiger partial charge in [-0.1, -0.05) is 0 Å². The van der Waals surface area contributed by atoms with Crippen molar-refractivity contribution in [2.24, 2.45) is 0 Å². The molecule has 0 atom stereocenters. The summed E-state index contributed by atoms with van der Waals surface area (Å²) in [5.74, 6) is -0.391. The van der Waals surface area contributed by atoms with Gasteiger partial charge >= 0.3 is 0 Å². The molecule has 0 aliphatic heterocycles. The Kier molecular flexibility index (Phi) is 4.32. The Hall–Kier alpha value is -1.87.